The number of benzene rings is 1. The molecule has 0 amide bonds. The van der Waals surface area contributed by atoms with E-state index < -0.39 is 23.3 Å². The van der Waals surface area contributed by atoms with Gasteiger partial charge < -0.3 is 10.2 Å². The molecule has 5 nitrogen and oxygen atoms in total. The summed E-state index contributed by atoms with van der Waals surface area (Å²) in [5.41, 5.74) is -2.12. The average Bonchev–Trinajstić information content (AvgIpc) is 2.81. The highest BCUT2D eigenvalue weighted by Crippen LogP contribution is 2.29. The van der Waals surface area contributed by atoms with Crippen molar-refractivity contribution in [1.82, 2.24) is 14.8 Å². The first-order valence-corrected chi connectivity index (χ1v) is 5.62. The Balaban J connectivity index is 2.43. The Bertz CT molecular complexity index is 560. The van der Waals surface area contributed by atoms with Gasteiger partial charge in [0.15, 0.2) is 0 Å². The second-order valence-corrected chi connectivity index (χ2v) is 4.32. The third-order valence-corrected chi connectivity index (χ3v) is 2.96. The minimum absolute atomic E-state index is 0.195. The first-order valence-electron chi connectivity index (χ1n) is 5.62. The topological polar surface area (TPSA) is 71.2 Å². The number of rotatable bonds is 4. The van der Waals surface area contributed by atoms with Crippen LogP contribution in [0, 0.1) is 11.6 Å². The van der Waals surface area contributed by atoms with E-state index in [9.17, 15) is 19.0 Å². The Morgan fingerprint density at radius 1 is 1.42 bits per heavy atom. The van der Waals surface area contributed by atoms with E-state index >= 15 is 0 Å². The minimum atomic E-state index is -1.93. The van der Waals surface area contributed by atoms with Gasteiger partial charge in [0.2, 0.25) is 0 Å². The summed E-state index contributed by atoms with van der Waals surface area (Å²) in [6.45, 7) is 1.12. The van der Waals surface area contributed by atoms with Crippen molar-refractivity contribution in [2.24, 2.45) is 0 Å². The van der Waals surface area contributed by atoms with Crippen molar-refractivity contribution in [2.45, 2.75) is 25.2 Å². The van der Waals surface area contributed by atoms with Crippen LogP contribution >= 0.6 is 0 Å². The molecule has 0 radical (unpaired) electrons. The van der Waals surface area contributed by atoms with E-state index in [1.807, 2.05) is 0 Å². The molecular formula is C12H13F2N3O2. The first kappa shape index (κ1) is 13.6. The molecule has 0 unspecified atom stereocenters. The lowest BCUT2D eigenvalue weighted by Gasteiger charge is -2.31. The molecule has 7 heteroatoms. The van der Waals surface area contributed by atoms with Crippen molar-refractivity contribution in [3.63, 3.8) is 0 Å². The molecule has 2 rings (SSSR count). The van der Waals surface area contributed by atoms with Crippen LogP contribution in [-0.2, 0) is 12.1 Å². The van der Waals surface area contributed by atoms with Gasteiger partial charge in [-0.3, -0.25) is 0 Å². The molecule has 1 aromatic heterocycles. The summed E-state index contributed by atoms with van der Waals surface area (Å²) in [5.74, 6) is -1.68. The summed E-state index contributed by atoms with van der Waals surface area (Å²) in [4.78, 5) is 3.70. The third kappa shape index (κ3) is 2.61. The average molecular weight is 269 g/mol. The van der Waals surface area contributed by atoms with Crippen LogP contribution in [0.3, 0.4) is 0 Å². The second-order valence-electron chi connectivity index (χ2n) is 4.32. The van der Waals surface area contributed by atoms with E-state index in [2.05, 4.69) is 10.1 Å². The van der Waals surface area contributed by atoms with Crippen molar-refractivity contribution >= 4 is 0 Å². The highest BCUT2D eigenvalue weighted by Gasteiger charge is 2.38. The first-order chi connectivity index (χ1) is 8.93. The second kappa shape index (κ2) is 5.02. The molecule has 0 spiro atoms. The van der Waals surface area contributed by atoms with Crippen LogP contribution in [0.15, 0.2) is 30.9 Å². The normalized spacial score (nSPS) is 16.1. The van der Waals surface area contributed by atoms with Gasteiger partial charge in [-0.25, -0.2) is 18.4 Å². The van der Waals surface area contributed by atoms with Crippen LogP contribution in [0.1, 0.15) is 12.5 Å². The fourth-order valence-electron chi connectivity index (χ4n) is 1.84. The van der Waals surface area contributed by atoms with Gasteiger partial charge in [0.1, 0.15) is 29.9 Å². The molecule has 102 valence electrons. The Hall–Kier alpha value is -1.86. The van der Waals surface area contributed by atoms with Gasteiger partial charge in [-0.05, 0) is 13.0 Å². The number of halogens is 2. The molecule has 0 aliphatic carbocycles. The Labute approximate surface area is 108 Å². The SMILES string of the molecule is C[C@H](O)[C@@](O)(Cn1cncn1)c1ccc(F)cc1F. The standard InChI is InChI=1S/C12H13F2N3O2/c1-8(18)12(19,5-17-7-15-6-16-17)10-3-2-9(13)4-11(10)14/h2-4,6-8,18-19H,5H2,1H3/t8-,12-/m0/s1. The molecule has 2 atom stereocenters. The molecule has 1 heterocycles. The lowest BCUT2D eigenvalue weighted by Crippen LogP contribution is -2.42. The summed E-state index contributed by atoms with van der Waals surface area (Å²) in [6.07, 6.45) is 1.30. The van der Waals surface area contributed by atoms with Crippen LogP contribution in [0.2, 0.25) is 0 Å². The molecule has 0 aliphatic heterocycles. The zero-order chi connectivity index (χ0) is 14.0. The number of aliphatic hydroxyl groups excluding tert-OH is 1. The van der Waals surface area contributed by atoms with Crippen molar-refractivity contribution in [3.8, 4) is 0 Å². The quantitative estimate of drug-likeness (QED) is 0.862. The highest BCUT2D eigenvalue weighted by atomic mass is 19.1. The largest absolute Gasteiger partial charge is 0.390 e. The maximum atomic E-state index is 13.8. The Kier molecular flexibility index (Phi) is 3.59. The molecule has 0 saturated heterocycles. The highest BCUT2D eigenvalue weighted by molar-refractivity contribution is 5.26. The van der Waals surface area contributed by atoms with Crippen LogP contribution in [-0.4, -0.2) is 31.1 Å². The molecule has 19 heavy (non-hydrogen) atoms. The molecule has 0 bridgehead atoms. The van der Waals surface area contributed by atoms with Crippen LogP contribution in [0.5, 0.6) is 0 Å². The van der Waals surface area contributed by atoms with Gasteiger partial charge in [0.05, 0.1) is 12.6 Å². The van der Waals surface area contributed by atoms with Gasteiger partial charge in [-0.15, -0.1) is 0 Å². The predicted octanol–water partition coefficient (Wildman–Crippen LogP) is 0.825. The van der Waals surface area contributed by atoms with Gasteiger partial charge >= 0.3 is 0 Å². The van der Waals surface area contributed by atoms with Gasteiger partial charge in [-0.2, -0.15) is 5.10 Å². The van der Waals surface area contributed by atoms with E-state index in [1.54, 1.807) is 0 Å². The number of hydrogen-bond acceptors (Lipinski definition) is 4. The Morgan fingerprint density at radius 3 is 2.68 bits per heavy atom. The molecule has 2 aromatic rings. The number of nitrogens with zero attached hydrogens (tertiary/aromatic N) is 3. The van der Waals surface area contributed by atoms with E-state index in [1.165, 1.54) is 24.3 Å². The number of hydrogen-bond donors (Lipinski definition) is 2. The fraction of sp³-hybridized carbons (Fsp3) is 0.333. The third-order valence-electron chi connectivity index (χ3n) is 2.96. The molecular weight excluding hydrogens is 256 g/mol. The maximum Gasteiger partial charge on any atom is 0.137 e. The smallest absolute Gasteiger partial charge is 0.137 e. The van der Waals surface area contributed by atoms with Gasteiger partial charge in [-0.1, -0.05) is 6.07 Å². The van der Waals surface area contributed by atoms with Gasteiger partial charge in [0.25, 0.3) is 0 Å². The fourth-order valence-corrected chi connectivity index (χ4v) is 1.84. The van der Waals surface area contributed by atoms with Crippen molar-refractivity contribution in [2.75, 3.05) is 0 Å². The van der Waals surface area contributed by atoms with E-state index in [0.29, 0.717) is 6.07 Å². The van der Waals surface area contributed by atoms with E-state index in [4.69, 9.17) is 0 Å². The lowest BCUT2D eigenvalue weighted by atomic mass is 9.88. The van der Waals surface area contributed by atoms with Crippen molar-refractivity contribution < 1.29 is 19.0 Å². The van der Waals surface area contributed by atoms with Crippen LogP contribution < -0.4 is 0 Å². The predicted molar refractivity (Wildman–Crippen MR) is 62.0 cm³/mol. The summed E-state index contributed by atoms with van der Waals surface area (Å²) in [6, 6.07) is 2.78. The van der Waals surface area contributed by atoms with Crippen LogP contribution in [0.25, 0.3) is 0 Å². The summed E-state index contributed by atoms with van der Waals surface area (Å²) >= 11 is 0. The van der Waals surface area contributed by atoms with Crippen molar-refractivity contribution in [3.05, 3.63) is 48.1 Å². The van der Waals surface area contributed by atoms with Crippen LogP contribution in [0.4, 0.5) is 8.78 Å². The summed E-state index contributed by atoms with van der Waals surface area (Å²) in [5, 5.41) is 24.0. The summed E-state index contributed by atoms with van der Waals surface area (Å²) < 4.78 is 27.9. The summed E-state index contributed by atoms with van der Waals surface area (Å²) in [7, 11) is 0. The molecule has 0 aliphatic rings. The maximum absolute atomic E-state index is 13.8. The number of aliphatic hydroxyl groups is 2. The molecule has 2 N–H and O–H groups in total. The minimum Gasteiger partial charge on any atom is -0.390 e. The Morgan fingerprint density at radius 2 is 2.16 bits per heavy atom. The molecule has 0 saturated carbocycles. The molecule has 1 aromatic carbocycles. The monoisotopic (exact) mass is 269 g/mol. The lowest BCUT2D eigenvalue weighted by molar-refractivity contribution is -0.0874. The number of aromatic nitrogens is 3. The van der Waals surface area contributed by atoms with Crippen molar-refractivity contribution in [1.29, 1.82) is 0 Å². The van der Waals surface area contributed by atoms with Gasteiger partial charge in [0, 0.05) is 11.6 Å². The molecule has 0 fully saturated rings. The zero-order valence-electron chi connectivity index (χ0n) is 10.2. The zero-order valence-corrected chi connectivity index (χ0v) is 10.2. The van der Waals surface area contributed by atoms with E-state index in [0.717, 1.165) is 12.1 Å². The van der Waals surface area contributed by atoms with E-state index in [-0.39, 0.29) is 12.1 Å².